The van der Waals surface area contributed by atoms with Crippen LogP contribution in [-0.4, -0.2) is 25.1 Å². The smallest absolute Gasteiger partial charge is 0.253 e. The SMILES string of the molecule is COc1ccccc1CN(C)N1C(=O)C(c2ccccc2)c2ccccc21. The minimum absolute atomic E-state index is 0.0693. The molecule has 1 aliphatic rings. The van der Waals surface area contributed by atoms with Crippen molar-refractivity contribution in [3.63, 3.8) is 0 Å². The summed E-state index contributed by atoms with van der Waals surface area (Å²) < 4.78 is 5.47. The Labute approximate surface area is 159 Å². The first-order chi connectivity index (χ1) is 13.2. The molecule has 4 nitrogen and oxygen atoms in total. The molecule has 0 bridgehead atoms. The predicted octanol–water partition coefficient (Wildman–Crippen LogP) is 4.22. The van der Waals surface area contributed by atoms with E-state index in [1.807, 2.05) is 90.9 Å². The van der Waals surface area contributed by atoms with Crippen molar-refractivity contribution >= 4 is 11.6 Å². The number of rotatable bonds is 5. The average Bonchev–Trinajstić information content (AvgIpc) is 3.01. The molecule has 27 heavy (non-hydrogen) atoms. The summed E-state index contributed by atoms with van der Waals surface area (Å²) in [6, 6.07) is 25.9. The molecule has 0 saturated heterocycles. The van der Waals surface area contributed by atoms with Crippen molar-refractivity contribution in [2.24, 2.45) is 0 Å². The lowest BCUT2D eigenvalue weighted by Crippen LogP contribution is -2.42. The maximum atomic E-state index is 13.4. The number of methoxy groups -OCH3 is 1. The van der Waals surface area contributed by atoms with Crippen LogP contribution in [-0.2, 0) is 11.3 Å². The van der Waals surface area contributed by atoms with E-state index in [0.29, 0.717) is 6.54 Å². The van der Waals surface area contributed by atoms with Gasteiger partial charge in [-0.1, -0.05) is 66.7 Å². The highest BCUT2D eigenvalue weighted by Crippen LogP contribution is 2.41. The van der Waals surface area contributed by atoms with E-state index in [0.717, 1.165) is 28.1 Å². The van der Waals surface area contributed by atoms with Gasteiger partial charge in [0, 0.05) is 19.2 Å². The zero-order valence-corrected chi connectivity index (χ0v) is 15.5. The molecule has 1 heterocycles. The lowest BCUT2D eigenvalue weighted by molar-refractivity contribution is -0.121. The summed E-state index contributed by atoms with van der Waals surface area (Å²) in [4.78, 5) is 13.4. The van der Waals surface area contributed by atoms with Crippen LogP contribution in [0.2, 0.25) is 0 Å². The van der Waals surface area contributed by atoms with Crippen molar-refractivity contribution in [1.82, 2.24) is 5.01 Å². The number of hydrogen-bond acceptors (Lipinski definition) is 3. The first kappa shape index (κ1) is 17.3. The summed E-state index contributed by atoms with van der Waals surface area (Å²) in [5.74, 6) is 0.617. The second-order valence-electron chi connectivity index (χ2n) is 6.68. The Morgan fingerprint density at radius 2 is 1.59 bits per heavy atom. The molecule has 0 fully saturated rings. The van der Waals surface area contributed by atoms with E-state index in [1.54, 1.807) is 12.1 Å². The molecule has 4 heteroatoms. The van der Waals surface area contributed by atoms with E-state index in [2.05, 4.69) is 0 Å². The van der Waals surface area contributed by atoms with E-state index in [4.69, 9.17) is 4.74 Å². The van der Waals surface area contributed by atoms with E-state index in [1.165, 1.54) is 0 Å². The lowest BCUT2D eigenvalue weighted by Gasteiger charge is -2.29. The van der Waals surface area contributed by atoms with Gasteiger partial charge >= 0.3 is 0 Å². The summed E-state index contributed by atoms with van der Waals surface area (Å²) >= 11 is 0. The fourth-order valence-electron chi connectivity index (χ4n) is 3.77. The van der Waals surface area contributed by atoms with Crippen LogP contribution in [0.4, 0.5) is 5.69 Å². The Morgan fingerprint density at radius 3 is 2.37 bits per heavy atom. The number of anilines is 1. The van der Waals surface area contributed by atoms with Crippen LogP contribution in [0.1, 0.15) is 22.6 Å². The van der Waals surface area contributed by atoms with Gasteiger partial charge < -0.3 is 4.74 Å². The largest absolute Gasteiger partial charge is 0.496 e. The number of carbonyl (C=O) groups is 1. The monoisotopic (exact) mass is 358 g/mol. The van der Waals surface area contributed by atoms with E-state index in [-0.39, 0.29) is 11.8 Å². The molecule has 0 saturated carbocycles. The minimum atomic E-state index is -0.275. The van der Waals surface area contributed by atoms with Crippen molar-refractivity contribution in [2.75, 3.05) is 19.2 Å². The third-order valence-corrected chi connectivity index (χ3v) is 5.00. The van der Waals surface area contributed by atoms with Crippen LogP contribution in [0, 0.1) is 0 Å². The van der Waals surface area contributed by atoms with Gasteiger partial charge in [-0.2, -0.15) is 0 Å². The number of hydrogen-bond donors (Lipinski definition) is 0. The van der Waals surface area contributed by atoms with Gasteiger partial charge in [-0.3, -0.25) is 4.79 Å². The highest BCUT2D eigenvalue weighted by atomic mass is 16.5. The molecule has 1 unspecified atom stereocenters. The Hall–Kier alpha value is -3.11. The molecule has 0 N–H and O–H groups in total. The van der Waals surface area contributed by atoms with E-state index >= 15 is 0 Å². The minimum Gasteiger partial charge on any atom is -0.496 e. The predicted molar refractivity (Wildman–Crippen MR) is 107 cm³/mol. The second kappa shape index (κ2) is 7.25. The molecule has 1 atom stereocenters. The number of para-hydroxylation sites is 2. The van der Waals surface area contributed by atoms with Gasteiger partial charge in [0.15, 0.2) is 0 Å². The zero-order chi connectivity index (χ0) is 18.8. The van der Waals surface area contributed by atoms with Gasteiger partial charge in [-0.15, -0.1) is 0 Å². The maximum Gasteiger partial charge on any atom is 0.253 e. The van der Waals surface area contributed by atoms with Gasteiger partial charge in [0.1, 0.15) is 5.75 Å². The maximum absolute atomic E-state index is 13.4. The van der Waals surface area contributed by atoms with Crippen molar-refractivity contribution in [3.8, 4) is 5.75 Å². The molecule has 136 valence electrons. The number of amides is 1. The molecule has 0 radical (unpaired) electrons. The molecule has 3 aromatic rings. The number of nitrogens with zero attached hydrogens (tertiary/aromatic N) is 2. The molecule has 0 spiro atoms. The van der Waals surface area contributed by atoms with Gasteiger partial charge in [0.25, 0.3) is 5.91 Å². The van der Waals surface area contributed by atoms with Gasteiger partial charge in [-0.05, 0) is 23.3 Å². The highest BCUT2D eigenvalue weighted by Gasteiger charge is 2.40. The van der Waals surface area contributed by atoms with Crippen molar-refractivity contribution in [3.05, 3.63) is 95.6 Å². The van der Waals surface area contributed by atoms with Crippen molar-refractivity contribution < 1.29 is 9.53 Å². The number of hydrazine groups is 1. The van der Waals surface area contributed by atoms with Gasteiger partial charge in [-0.25, -0.2) is 10.0 Å². The third kappa shape index (κ3) is 3.09. The van der Waals surface area contributed by atoms with Crippen molar-refractivity contribution in [2.45, 2.75) is 12.5 Å². The van der Waals surface area contributed by atoms with Crippen LogP contribution in [0.25, 0.3) is 0 Å². The Morgan fingerprint density at radius 1 is 0.926 bits per heavy atom. The van der Waals surface area contributed by atoms with Crippen LogP contribution in [0.5, 0.6) is 5.75 Å². The number of fused-ring (bicyclic) bond motifs is 1. The Kier molecular flexibility index (Phi) is 4.65. The summed E-state index contributed by atoms with van der Waals surface area (Å²) in [7, 11) is 3.61. The molecule has 1 amide bonds. The molecule has 0 aromatic heterocycles. The van der Waals surface area contributed by atoms with E-state index < -0.39 is 0 Å². The topological polar surface area (TPSA) is 32.8 Å². The standard InChI is InChI=1S/C23H22N2O2/c1-24(16-18-12-6-9-15-21(18)27-2)25-20-14-8-7-13-19(20)22(23(25)26)17-10-4-3-5-11-17/h3-15,22H,16H2,1-2H3. The van der Waals surface area contributed by atoms with Crippen LogP contribution in [0.3, 0.4) is 0 Å². The summed E-state index contributed by atoms with van der Waals surface area (Å²) in [6.07, 6.45) is 0. The molecule has 3 aromatic carbocycles. The molecule has 0 aliphatic carbocycles. The number of benzene rings is 3. The normalized spacial score (nSPS) is 15.9. The summed E-state index contributed by atoms with van der Waals surface area (Å²) in [5.41, 5.74) is 4.04. The first-order valence-electron chi connectivity index (χ1n) is 9.01. The fraction of sp³-hybridized carbons (Fsp3) is 0.174. The van der Waals surface area contributed by atoms with E-state index in [9.17, 15) is 4.79 Å². The van der Waals surface area contributed by atoms with Crippen molar-refractivity contribution in [1.29, 1.82) is 0 Å². The van der Waals surface area contributed by atoms with Crippen LogP contribution < -0.4 is 9.75 Å². The van der Waals surface area contributed by atoms with Gasteiger partial charge in [0.05, 0.1) is 18.7 Å². The quantitative estimate of drug-likeness (QED) is 0.685. The molecule has 1 aliphatic heterocycles. The Balaban J connectivity index is 1.70. The summed E-state index contributed by atoms with van der Waals surface area (Å²) in [5, 5.41) is 3.75. The highest BCUT2D eigenvalue weighted by molar-refractivity contribution is 6.06. The van der Waals surface area contributed by atoms with Crippen LogP contribution >= 0.6 is 0 Å². The lowest BCUT2D eigenvalue weighted by atomic mass is 9.93. The summed E-state index contributed by atoms with van der Waals surface area (Å²) in [6.45, 7) is 0.575. The zero-order valence-electron chi connectivity index (χ0n) is 15.5. The second-order valence-corrected chi connectivity index (χ2v) is 6.68. The molecular weight excluding hydrogens is 336 g/mol. The Bertz CT molecular complexity index is 955. The van der Waals surface area contributed by atoms with Gasteiger partial charge in [0.2, 0.25) is 0 Å². The molecular formula is C23H22N2O2. The number of ether oxygens (including phenoxy) is 1. The van der Waals surface area contributed by atoms with Crippen LogP contribution in [0.15, 0.2) is 78.9 Å². The average molecular weight is 358 g/mol. The number of carbonyl (C=O) groups excluding carboxylic acids is 1. The fourth-order valence-corrected chi connectivity index (χ4v) is 3.77. The molecule has 4 rings (SSSR count). The first-order valence-corrected chi connectivity index (χ1v) is 9.01. The third-order valence-electron chi connectivity index (χ3n) is 5.00.